The molecule has 0 atom stereocenters. The largest absolute Gasteiger partial charge is 0.226 e. The third-order valence-corrected chi connectivity index (χ3v) is 4.90. The van der Waals surface area contributed by atoms with E-state index >= 15 is 0 Å². The summed E-state index contributed by atoms with van der Waals surface area (Å²) in [7, 11) is 0. The fourth-order valence-electron chi connectivity index (χ4n) is 2.64. The van der Waals surface area contributed by atoms with Crippen LogP contribution in [0.3, 0.4) is 0 Å². The third-order valence-electron chi connectivity index (χ3n) is 3.88. The van der Waals surface area contributed by atoms with Gasteiger partial charge in [-0.1, -0.05) is 41.4 Å². The van der Waals surface area contributed by atoms with Crippen LogP contribution in [-0.2, 0) is 6.54 Å². The van der Waals surface area contributed by atoms with E-state index in [1.54, 1.807) is 15.7 Å². The van der Waals surface area contributed by atoms with E-state index in [4.69, 9.17) is 11.6 Å². The Balaban J connectivity index is 1.61. The summed E-state index contributed by atoms with van der Waals surface area (Å²) in [6.07, 6.45) is 1.71. The molecule has 0 saturated heterocycles. The number of benzene rings is 2. The second-order valence-electron chi connectivity index (χ2n) is 5.87. The Bertz CT molecular complexity index is 1050. The van der Waals surface area contributed by atoms with Crippen LogP contribution in [0.5, 0.6) is 0 Å². The Kier molecular flexibility index (Phi) is 4.57. The highest BCUT2D eigenvalue weighted by Gasteiger charge is 2.16. The molecule has 2 heterocycles. The predicted molar refractivity (Wildman–Crippen MR) is 103 cm³/mol. The topological polar surface area (TPSA) is 61.4 Å². The van der Waals surface area contributed by atoms with Gasteiger partial charge in [-0.15, -0.1) is 10.2 Å². The monoisotopic (exact) mass is 428 g/mol. The molecule has 4 rings (SSSR count). The summed E-state index contributed by atoms with van der Waals surface area (Å²) in [5.41, 5.74) is 4.00. The van der Waals surface area contributed by atoms with E-state index < -0.39 is 0 Å². The first-order valence-electron chi connectivity index (χ1n) is 7.93. The van der Waals surface area contributed by atoms with Crippen molar-refractivity contribution in [1.29, 1.82) is 0 Å². The predicted octanol–water partition coefficient (Wildman–Crippen LogP) is 4.30. The molecule has 0 aliphatic carbocycles. The molecule has 0 bridgehead atoms. The van der Waals surface area contributed by atoms with Gasteiger partial charge in [0.1, 0.15) is 4.60 Å². The fourth-order valence-corrected chi connectivity index (χ4v) is 3.34. The zero-order valence-corrected chi connectivity index (χ0v) is 16.2. The maximum Gasteiger partial charge on any atom is 0.209 e. The fraction of sp³-hybridized carbons (Fsp3) is 0.111. The van der Waals surface area contributed by atoms with Gasteiger partial charge in [-0.2, -0.15) is 9.90 Å². The van der Waals surface area contributed by atoms with Gasteiger partial charge in [0.05, 0.1) is 24.0 Å². The molecular formula is C18H14BrClN6. The quantitative estimate of drug-likeness (QED) is 0.485. The highest BCUT2D eigenvalue weighted by Crippen LogP contribution is 2.27. The van der Waals surface area contributed by atoms with Crippen LogP contribution in [0.4, 0.5) is 0 Å². The van der Waals surface area contributed by atoms with Crippen LogP contribution in [0, 0.1) is 6.92 Å². The lowest BCUT2D eigenvalue weighted by Crippen LogP contribution is -2.04. The van der Waals surface area contributed by atoms with Crippen LogP contribution in [0.25, 0.3) is 17.1 Å². The van der Waals surface area contributed by atoms with Gasteiger partial charge in [-0.3, -0.25) is 0 Å². The number of tetrazole rings is 1. The SMILES string of the molecule is Cc1cccc(Cn2nnc(-c3cnn(-c4ccc(Cl)cc4)c3Br)n2)c1. The first-order valence-corrected chi connectivity index (χ1v) is 9.10. The summed E-state index contributed by atoms with van der Waals surface area (Å²) in [6.45, 7) is 2.63. The minimum Gasteiger partial charge on any atom is -0.226 e. The van der Waals surface area contributed by atoms with Crippen molar-refractivity contribution < 1.29 is 0 Å². The molecule has 0 aliphatic rings. The van der Waals surface area contributed by atoms with E-state index in [1.165, 1.54) is 5.56 Å². The molecule has 4 aromatic rings. The van der Waals surface area contributed by atoms with Crippen molar-refractivity contribution in [3.63, 3.8) is 0 Å². The van der Waals surface area contributed by atoms with Gasteiger partial charge >= 0.3 is 0 Å². The Morgan fingerprint density at radius 3 is 2.69 bits per heavy atom. The zero-order chi connectivity index (χ0) is 18.1. The molecule has 0 aliphatic heterocycles. The second-order valence-corrected chi connectivity index (χ2v) is 7.06. The Morgan fingerprint density at radius 2 is 1.92 bits per heavy atom. The van der Waals surface area contributed by atoms with E-state index in [0.29, 0.717) is 17.4 Å². The highest BCUT2D eigenvalue weighted by molar-refractivity contribution is 9.10. The van der Waals surface area contributed by atoms with Crippen LogP contribution in [0.1, 0.15) is 11.1 Å². The molecule has 0 N–H and O–H groups in total. The highest BCUT2D eigenvalue weighted by atomic mass is 79.9. The summed E-state index contributed by atoms with van der Waals surface area (Å²) in [5, 5.41) is 17.9. The van der Waals surface area contributed by atoms with Crippen molar-refractivity contribution in [3.05, 3.63) is 75.5 Å². The first-order chi connectivity index (χ1) is 12.6. The van der Waals surface area contributed by atoms with Gasteiger partial charge in [-0.05, 0) is 57.9 Å². The minimum atomic E-state index is 0.518. The molecule has 0 unspecified atom stereocenters. The Hall–Kier alpha value is -2.51. The summed E-state index contributed by atoms with van der Waals surface area (Å²) < 4.78 is 2.52. The van der Waals surface area contributed by atoms with Gasteiger partial charge in [0.25, 0.3) is 0 Å². The number of hydrogen-bond donors (Lipinski definition) is 0. The average Bonchev–Trinajstić information content (AvgIpc) is 3.22. The molecule has 0 spiro atoms. The van der Waals surface area contributed by atoms with Gasteiger partial charge in [0.15, 0.2) is 0 Å². The molecule has 130 valence electrons. The summed E-state index contributed by atoms with van der Waals surface area (Å²) >= 11 is 9.53. The lowest BCUT2D eigenvalue weighted by molar-refractivity contribution is 0.572. The number of aryl methyl sites for hydroxylation is 1. The van der Waals surface area contributed by atoms with Crippen LogP contribution in [0.15, 0.2) is 59.3 Å². The Morgan fingerprint density at radius 1 is 1.12 bits per heavy atom. The standard InChI is InChI=1S/C18H14BrClN6/c1-12-3-2-4-13(9-12)11-25-23-18(22-24-25)16-10-21-26(17(16)19)15-7-5-14(20)6-8-15/h2-10H,11H2,1H3. The summed E-state index contributed by atoms with van der Waals surface area (Å²) in [6, 6.07) is 15.7. The number of hydrogen-bond acceptors (Lipinski definition) is 4. The number of nitrogens with zero attached hydrogens (tertiary/aromatic N) is 6. The molecule has 8 heteroatoms. The summed E-state index contributed by atoms with van der Waals surface area (Å²) in [5.74, 6) is 0.518. The summed E-state index contributed by atoms with van der Waals surface area (Å²) in [4.78, 5) is 1.58. The van der Waals surface area contributed by atoms with Gasteiger partial charge in [0, 0.05) is 5.02 Å². The molecule has 0 amide bonds. The van der Waals surface area contributed by atoms with E-state index in [0.717, 1.165) is 21.4 Å². The second kappa shape index (κ2) is 7.01. The molecule has 0 radical (unpaired) electrons. The number of halogens is 2. The van der Waals surface area contributed by atoms with Crippen molar-refractivity contribution in [2.45, 2.75) is 13.5 Å². The van der Waals surface area contributed by atoms with E-state index in [-0.39, 0.29) is 0 Å². The molecule has 2 aromatic carbocycles. The smallest absolute Gasteiger partial charge is 0.209 e. The van der Waals surface area contributed by atoms with Crippen molar-refractivity contribution in [2.24, 2.45) is 0 Å². The van der Waals surface area contributed by atoms with E-state index in [2.05, 4.69) is 55.5 Å². The molecular weight excluding hydrogens is 416 g/mol. The maximum atomic E-state index is 5.95. The molecule has 0 saturated carbocycles. The number of rotatable bonds is 4. The normalized spacial score (nSPS) is 11.0. The van der Waals surface area contributed by atoms with Crippen molar-refractivity contribution in [3.8, 4) is 17.1 Å². The van der Waals surface area contributed by atoms with Crippen molar-refractivity contribution in [2.75, 3.05) is 0 Å². The van der Waals surface area contributed by atoms with Gasteiger partial charge in [0.2, 0.25) is 5.82 Å². The van der Waals surface area contributed by atoms with E-state index in [1.807, 2.05) is 36.4 Å². The van der Waals surface area contributed by atoms with Gasteiger partial charge in [-0.25, -0.2) is 4.68 Å². The first kappa shape index (κ1) is 16.9. The van der Waals surface area contributed by atoms with Crippen LogP contribution in [0.2, 0.25) is 5.02 Å². The van der Waals surface area contributed by atoms with E-state index in [9.17, 15) is 0 Å². The van der Waals surface area contributed by atoms with Crippen molar-refractivity contribution >= 4 is 27.5 Å². The lowest BCUT2D eigenvalue weighted by atomic mass is 10.1. The lowest BCUT2D eigenvalue weighted by Gasteiger charge is -2.03. The number of aromatic nitrogens is 6. The average molecular weight is 430 g/mol. The molecule has 2 aromatic heterocycles. The molecule has 6 nitrogen and oxygen atoms in total. The zero-order valence-electron chi connectivity index (χ0n) is 13.8. The maximum absolute atomic E-state index is 5.95. The van der Waals surface area contributed by atoms with Crippen LogP contribution >= 0.6 is 27.5 Å². The van der Waals surface area contributed by atoms with Crippen molar-refractivity contribution in [1.82, 2.24) is 30.0 Å². The van der Waals surface area contributed by atoms with Gasteiger partial charge < -0.3 is 0 Å². The Labute approximate surface area is 163 Å². The molecule has 26 heavy (non-hydrogen) atoms. The van der Waals surface area contributed by atoms with Crippen LogP contribution in [-0.4, -0.2) is 30.0 Å². The van der Waals surface area contributed by atoms with Crippen LogP contribution < -0.4 is 0 Å². The minimum absolute atomic E-state index is 0.518. The third kappa shape index (κ3) is 3.40. The molecule has 0 fully saturated rings.